The maximum atomic E-state index is 10.7. The molecular formula is C13H10O5. The first kappa shape index (κ1) is 13.5. The van der Waals surface area contributed by atoms with E-state index in [1.807, 2.05) is 0 Å². The number of ether oxygens (including phenoxy) is 1. The first-order valence-corrected chi connectivity index (χ1v) is 4.99. The molecule has 0 radical (unpaired) electrons. The fourth-order valence-electron chi connectivity index (χ4n) is 1.09. The Balaban J connectivity index is 0.000000184. The number of hydrogen-bond donors (Lipinski definition) is 0. The molecule has 0 aromatic rings. The fourth-order valence-corrected chi connectivity index (χ4v) is 1.09. The molecule has 0 aromatic heterocycles. The summed E-state index contributed by atoms with van der Waals surface area (Å²) in [5.74, 6) is -0.611. The number of hydrogen-bond acceptors (Lipinski definition) is 5. The Kier molecular flexibility index (Phi) is 4.68. The predicted molar refractivity (Wildman–Crippen MR) is 62.5 cm³/mol. The zero-order valence-electron chi connectivity index (χ0n) is 9.58. The molecule has 0 spiro atoms. The van der Waals surface area contributed by atoms with Gasteiger partial charge in [0.25, 0.3) is 0 Å². The molecule has 0 atom stereocenters. The molecule has 2 rings (SSSR count). The number of allylic oxidation sites excluding steroid dienone is 7. The topological polar surface area (TPSA) is 77.5 Å². The van der Waals surface area contributed by atoms with Crippen LogP contribution < -0.4 is 0 Å². The van der Waals surface area contributed by atoms with Gasteiger partial charge in [0.05, 0.1) is 7.11 Å². The van der Waals surface area contributed by atoms with Gasteiger partial charge in [0.1, 0.15) is 0 Å². The summed E-state index contributed by atoms with van der Waals surface area (Å²) in [6.07, 6.45) is 8.59. The molecule has 0 heterocycles. The number of ketones is 4. The van der Waals surface area contributed by atoms with E-state index < -0.39 is 0 Å². The minimum absolute atomic E-state index is 0.104. The van der Waals surface area contributed by atoms with Crippen molar-refractivity contribution in [3.8, 4) is 0 Å². The van der Waals surface area contributed by atoms with E-state index in [0.29, 0.717) is 0 Å². The lowest BCUT2D eigenvalue weighted by atomic mass is 10.1. The third kappa shape index (κ3) is 4.13. The smallest absolute Gasteiger partial charge is 0.220 e. The van der Waals surface area contributed by atoms with Crippen molar-refractivity contribution in [2.45, 2.75) is 0 Å². The van der Waals surface area contributed by atoms with Gasteiger partial charge in [-0.05, 0) is 36.5 Å². The van der Waals surface area contributed by atoms with Crippen molar-refractivity contribution < 1.29 is 23.9 Å². The summed E-state index contributed by atoms with van der Waals surface area (Å²) in [4.78, 5) is 41.9. The summed E-state index contributed by atoms with van der Waals surface area (Å²) in [7, 11) is 1.36. The van der Waals surface area contributed by atoms with Gasteiger partial charge in [-0.3, -0.25) is 19.2 Å². The zero-order valence-corrected chi connectivity index (χ0v) is 9.58. The molecule has 0 fully saturated rings. The minimum atomic E-state index is -0.262. The number of rotatable bonds is 1. The van der Waals surface area contributed by atoms with Gasteiger partial charge in [-0.1, -0.05) is 0 Å². The Morgan fingerprint density at radius 3 is 1.56 bits per heavy atom. The van der Waals surface area contributed by atoms with Crippen LogP contribution in [0.5, 0.6) is 0 Å². The highest BCUT2D eigenvalue weighted by atomic mass is 16.5. The van der Waals surface area contributed by atoms with Crippen molar-refractivity contribution >= 4 is 23.1 Å². The molecule has 2 aliphatic rings. The van der Waals surface area contributed by atoms with Crippen LogP contribution in [0.2, 0.25) is 0 Å². The van der Waals surface area contributed by atoms with Gasteiger partial charge in [0.2, 0.25) is 5.78 Å². The van der Waals surface area contributed by atoms with Crippen LogP contribution in [0.3, 0.4) is 0 Å². The number of methoxy groups -OCH3 is 1. The molecule has 0 unspecified atom stereocenters. The normalized spacial score (nSPS) is 17.3. The largest absolute Gasteiger partial charge is 0.493 e. The Morgan fingerprint density at radius 1 is 0.722 bits per heavy atom. The first-order valence-electron chi connectivity index (χ1n) is 4.99. The molecule has 0 amide bonds. The Bertz CT molecular complexity index is 479. The van der Waals surface area contributed by atoms with E-state index in [1.165, 1.54) is 49.6 Å². The molecule has 5 nitrogen and oxygen atoms in total. The molecule has 0 bridgehead atoms. The second-order valence-electron chi connectivity index (χ2n) is 3.28. The highest BCUT2D eigenvalue weighted by Gasteiger charge is 2.12. The van der Waals surface area contributed by atoms with Crippen molar-refractivity contribution in [2.75, 3.05) is 7.11 Å². The van der Waals surface area contributed by atoms with E-state index in [0.717, 1.165) is 0 Å². The van der Waals surface area contributed by atoms with E-state index in [2.05, 4.69) is 4.74 Å². The molecule has 18 heavy (non-hydrogen) atoms. The van der Waals surface area contributed by atoms with Crippen molar-refractivity contribution in [3.63, 3.8) is 0 Å². The van der Waals surface area contributed by atoms with E-state index in [-0.39, 0.29) is 28.9 Å². The van der Waals surface area contributed by atoms with Gasteiger partial charge < -0.3 is 4.74 Å². The first-order chi connectivity index (χ1) is 8.52. The third-order valence-corrected chi connectivity index (χ3v) is 1.96. The van der Waals surface area contributed by atoms with Gasteiger partial charge in [-0.2, -0.15) is 0 Å². The summed E-state index contributed by atoms with van der Waals surface area (Å²) in [5.41, 5.74) is 0. The summed E-state index contributed by atoms with van der Waals surface area (Å²) in [6, 6.07) is 0. The van der Waals surface area contributed by atoms with Crippen LogP contribution >= 0.6 is 0 Å². The van der Waals surface area contributed by atoms with Crippen LogP contribution in [0.4, 0.5) is 0 Å². The van der Waals surface area contributed by atoms with Gasteiger partial charge in [0.15, 0.2) is 23.1 Å². The average molecular weight is 246 g/mol. The van der Waals surface area contributed by atoms with Crippen LogP contribution in [-0.4, -0.2) is 30.2 Å². The standard InChI is InChI=1S/C7H6O3.C6H4O2/c1-10-7-4-5(8)2-3-6(7)9;7-5-1-2-6(8)4-3-5/h2-4H,1H3;1-4H. The van der Waals surface area contributed by atoms with Crippen molar-refractivity contribution in [2.24, 2.45) is 0 Å². The van der Waals surface area contributed by atoms with E-state index >= 15 is 0 Å². The van der Waals surface area contributed by atoms with Crippen molar-refractivity contribution in [3.05, 3.63) is 48.3 Å². The van der Waals surface area contributed by atoms with Crippen LogP contribution in [0.15, 0.2) is 48.3 Å². The van der Waals surface area contributed by atoms with Gasteiger partial charge >= 0.3 is 0 Å². The van der Waals surface area contributed by atoms with Gasteiger partial charge in [-0.25, -0.2) is 0 Å². The van der Waals surface area contributed by atoms with Crippen LogP contribution in [0.25, 0.3) is 0 Å². The van der Waals surface area contributed by atoms with Crippen molar-refractivity contribution in [1.82, 2.24) is 0 Å². The zero-order chi connectivity index (χ0) is 13.5. The molecular weight excluding hydrogens is 236 g/mol. The van der Waals surface area contributed by atoms with E-state index in [4.69, 9.17) is 0 Å². The highest BCUT2D eigenvalue weighted by Crippen LogP contribution is 2.04. The SMILES string of the molecule is COC1=CC(=O)C=CC1=O.O=C1C=CC(=O)C=C1. The quantitative estimate of drug-likeness (QED) is 0.629. The van der Waals surface area contributed by atoms with Crippen LogP contribution in [0, 0.1) is 0 Å². The summed E-state index contributed by atoms with van der Waals surface area (Å²) >= 11 is 0. The minimum Gasteiger partial charge on any atom is -0.493 e. The molecule has 0 saturated heterocycles. The highest BCUT2D eigenvalue weighted by molar-refractivity contribution is 6.16. The maximum Gasteiger partial charge on any atom is 0.220 e. The van der Waals surface area contributed by atoms with Gasteiger partial charge in [0, 0.05) is 6.08 Å². The van der Waals surface area contributed by atoms with Crippen molar-refractivity contribution in [1.29, 1.82) is 0 Å². The predicted octanol–water partition coefficient (Wildman–Crippen LogP) is 0.475. The molecule has 92 valence electrons. The number of carbonyl (C=O) groups excluding carboxylic acids is 4. The lowest BCUT2D eigenvalue weighted by molar-refractivity contribution is -0.116. The summed E-state index contributed by atoms with van der Waals surface area (Å²) in [6.45, 7) is 0. The van der Waals surface area contributed by atoms with E-state index in [9.17, 15) is 19.2 Å². The van der Waals surface area contributed by atoms with Gasteiger partial charge in [-0.15, -0.1) is 0 Å². The van der Waals surface area contributed by atoms with Crippen LogP contribution in [0.1, 0.15) is 0 Å². The van der Waals surface area contributed by atoms with E-state index in [1.54, 1.807) is 0 Å². The Hall–Kier alpha value is -2.56. The Morgan fingerprint density at radius 2 is 1.17 bits per heavy atom. The maximum absolute atomic E-state index is 10.7. The summed E-state index contributed by atoms with van der Waals surface area (Å²) < 4.78 is 4.61. The molecule has 0 saturated carbocycles. The molecule has 0 aliphatic heterocycles. The molecule has 0 aromatic carbocycles. The van der Waals surface area contributed by atoms with Crippen LogP contribution in [-0.2, 0) is 23.9 Å². The fraction of sp³-hybridized carbons (Fsp3) is 0.0769. The number of carbonyl (C=O) groups is 4. The monoisotopic (exact) mass is 246 g/mol. The summed E-state index contributed by atoms with van der Waals surface area (Å²) in [5, 5.41) is 0. The second-order valence-corrected chi connectivity index (χ2v) is 3.28. The molecule has 2 aliphatic carbocycles. The third-order valence-electron chi connectivity index (χ3n) is 1.96. The second kappa shape index (κ2) is 6.24. The Labute approximate surface area is 103 Å². The lowest BCUT2D eigenvalue weighted by Crippen LogP contribution is -2.08. The average Bonchev–Trinajstić information content (AvgIpc) is 2.37. The molecule has 0 N–H and O–H groups in total. The lowest BCUT2D eigenvalue weighted by Gasteiger charge is -2.02. The molecule has 5 heteroatoms.